The minimum Gasteiger partial charge on any atom is -0.429 e. The van der Waals surface area contributed by atoms with Crippen molar-refractivity contribution in [3.05, 3.63) is 43.2 Å². The molecule has 0 aliphatic carbocycles. The van der Waals surface area contributed by atoms with Crippen LogP contribution in [0.2, 0.25) is 10.4 Å². The van der Waals surface area contributed by atoms with Gasteiger partial charge < -0.3 is 4.74 Å². The first-order chi connectivity index (χ1) is 8.97. The molecule has 19 heavy (non-hydrogen) atoms. The molecule has 0 saturated carbocycles. The summed E-state index contributed by atoms with van der Waals surface area (Å²) < 4.78 is 5.78. The van der Waals surface area contributed by atoms with Crippen molar-refractivity contribution in [2.45, 2.75) is 0 Å². The lowest BCUT2D eigenvalue weighted by atomic mass is 10.3. The zero-order chi connectivity index (χ0) is 14.0. The van der Waals surface area contributed by atoms with Gasteiger partial charge in [-0.25, -0.2) is 0 Å². The Bertz CT molecular complexity index is 655. The highest BCUT2D eigenvalue weighted by molar-refractivity contribution is 9.10. The molecule has 0 spiro atoms. The maximum atomic E-state index is 10.9. The van der Waals surface area contributed by atoms with Crippen molar-refractivity contribution >= 4 is 44.8 Å². The van der Waals surface area contributed by atoms with Crippen LogP contribution in [0.4, 0.5) is 5.69 Å². The smallest absolute Gasteiger partial charge is 0.312 e. The molecule has 0 bridgehead atoms. The molecule has 7 nitrogen and oxygen atoms in total. The highest BCUT2D eigenvalue weighted by atomic mass is 79.9. The van der Waals surface area contributed by atoms with E-state index in [0.29, 0.717) is 4.47 Å². The van der Waals surface area contributed by atoms with Crippen LogP contribution in [0.3, 0.4) is 0 Å². The highest BCUT2D eigenvalue weighted by Gasteiger charge is 2.19. The second-order valence-corrected chi connectivity index (χ2v) is 4.76. The van der Waals surface area contributed by atoms with Crippen LogP contribution in [0.15, 0.2) is 22.7 Å². The second-order valence-electron chi connectivity index (χ2n) is 3.15. The minimum atomic E-state index is -0.593. The van der Waals surface area contributed by atoms with Crippen molar-refractivity contribution in [2.75, 3.05) is 0 Å². The molecule has 0 N–H and O–H groups in total. The third kappa shape index (κ3) is 3.28. The van der Waals surface area contributed by atoms with Crippen molar-refractivity contribution < 1.29 is 9.66 Å². The van der Waals surface area contributed by atoms with Gasteiger partial charge in [-0.05, 0) is 23.7 Å². The molecular weight excluding hydrogens is 363 g/mol. The SMILES string of the molecule is O=[N+]([O-])c1cc(Br)ccc1Oc1nc(Cl)nnc1Cl. The Morgan fingerprint density at radius 1 is 1.32 bits per heavy atom. The monoisotopic (exact) mass is 364 g/mol. The third-order valence-corrected chi connectivity index (χ3v) is 2.81. The van der Waals surface area contributed by atoms with Crippen molar-refractivity contribution in [1.29, 1.82) is 0 Å². The summed E-state index contributed by atoms with van der Waals surface area (Å²) in [6, 6.07) is 4.26. The predicted octanol–water partition coefficient (Wildman–Crippen LogP) is 3.64. The van der Waals surface area contributed by atoms with E-state index in [9.17, 15) is 10.1 Å². The fraction of sp³-hybridized carbons (Fsp3) is 0. The van der Waals surface area contributed by atoms with Gasteiger partial charge in [0.1, 0.15) is 0 Å². The Morgan fingerprint density at radius 2 is 2.05 bits per heavy atom. The molecule has 0 unspecified atom stereocenters. The lowest BCUT2D eigenvalue weighted by molar-refractivity contribution is -0.385. The second kappa shape index (κ2) is 5.64. The first kappa shape index (κ1) is 13.9. The predicted molar refractivity (Wildman–Crippen MR) is 70.7 cm³/mol. The number of nitrogens with zero attached hydrogens (tertiary/aromatic N) is 4. The van der Waals surface area contributed by atoms with Gasteiger partial charge in [0.2, 0.25) is 16.2 Å². The Morgan fingerprint density at radius 3 is 2.74 bits per heavy atom. The van der Waals surface area contributed by atoms with Gasteiger partial charge in [0.25, 0.3) is 5.88 Å². The van der Waals surface area contributed by atoms with Crippen LogP contribution in [0.25, 0.3) is 0 Å². The number of nitro groups is 1. The van der Waals surface area contributed by atoms with Crippen molar-refractivity contribution in [2.24, 2.45) is 0 Å². The van der Waals surface area contributed by atoms with Crippen LogP contribution in [0.1, 0.15) is 0 Å². The van der Waals surface area contributed by atoms with Crippen LogP contribution in [-0.4, -0.2) is 20.1 Å². The lowest BCUT2D eigenvalue weighted by Crippen LogP contribution is -1.98. The summed E-state index contributed by atoms with van der Waals surface area (Å²) in [6.07, 6.45) is 0. The molecule has 0 fully saturated rings. The Hall–Kier alpha value is -1.51. The molecule has 98 valence electrons. The Labute approximate surface area is 124 Å². The molecule has 2 aromatic rings. The number of rotatable bonds is 3. The van der Waals surface area contributed by atoms with Crippen LogP contribution in [0.5, 0.6) is 11.6 Å². The van der Waals surface area contributed by atoms with E-state index in [0.717, 1.165) is 0 Å². The first-order valence-electron chi connectivity index (χ1n) is 4.65. The van der Waals surface area contributed by atoms with Crippen LogP contribution >= 0.6 is 39.1 Å². The summed E-state index contributed by atoms with van der Waals surface area (Å²) >= 11 is 14.4. The van der Waals surface area contributed by atoms with Crippen molar-refractivity contribution in [3.8, 4) is 11.6 Å². The molecule has 0 aliphatic rings. The summed E-state index contributed by atoms with van der Waals surface area (Å²) in [5.41, 5.74) is -0.250. The van der Waals surface area contributed by atoms with E-state index in [1.165, 1.54) is 12.1 Å². The summed E-state index contributed by atoms with van der Waals surface area (Å²) in [5.74, 6) is -0.196. The molecule has 2 rings (SSSR count). The van der Waals surface area contributed by atoms with Crippen LogP contribution in [-0.2, 0) is 0 Å². The van der Waals surface area contributed by atoms with E-state index in [-0.39, 0.29) is 27.8 Å². The average Bonchev–Trinajstić information content (AvgIpc) is 2.35. The van der Waals surface area contributed by atoms with E-state index in [2.05, 4.69) is 31.1 Å². The maximum absolute atomic E-state index is 10.9. The highest BCUT2D eigenvalue weighted by Crippen LogP contribution is 2.34. The van der Waals surface area contributed by atoms with Crippen molar-refractivity contribution in [1.82, 2.24) is 15.2 Å². The number of halogens is 3. The van der Waals surface area contributed by atoms with Gasteiger partial charge in [0.05, 0.1) is 4.92 Å². The van der Waals surface area contributed by atoms with E-state index in [1.54, 1.807) is 6.07 Å². The number of hydrogen-bond donors (Lipinski definition) is 0. The number of hydrogen-bond acceptors (Lipinski definition) is 6. The Kier molecular flexibility index (Phi) is 4.13. The largest absolute Gasteiger partial charge is 0.429 e. The standard InChI is InChI=1S/C9H3BrCl2N4O3/c10-4-1-2-6(5(3-4)16(17)18)19-8-7(11)14-15-9(12)13-8/h1-3H. The molecule has 0 aliphatic heterocycles. The summed E-state index contributed by atoms with van der Waals surface area (Å²) in [5, 5.41) is 17.5. The van der Waals surface area contributed by atoms with E-state index in [4.69, 9.17) is 27.9 Å². The molecule has 0 radical (unpaired) electrons. The molecule has 10 heteroatoms. The third-order valence-electron chi connectivity index (χ3n) is 1.91. The molecule has 0 saturated heterocycles. The average molecular weight is 366 g/mol. The number of nitro benzene ring substituents is 1. The van der Waals surface area contributed by atoms with Crippen molar-refractivity contribution in [3.63, 3.8) is 0 Å². The van der Waals surface area contributed by atoms with Crippen LogP contribution < -0.4 is 4.74 Å². The van der Waals surface area contributed by atoms with Gasteiger partial charge in [0, 0.05) is 10.5 Å². The normalized spacial score (nSPS) is 10.3. The molecular formula is C9H3BrCl2N4O3. The van der Waals surface area contributed by atoms with Crippen LogP contribution in [0, 0.1) is 10.1 Å². The number of aromatic nitrogens is 3. The lowest BCUT2D eigenvalue weighted by Gasteiger charge is -2.06. The van der Waals surface area contributed by atoms with E-state index >= 15 is 0 Å². The fourth-order valence-electron chi connectivity index (χ4n) is 1.17. The quantitative estimate of drug-likeness (QED) is 0.609. The van der Waals surface area contributed by atoms with E-state index in [1.807, 2.05) is 0 Å². The fourth-order valence-corrected chi connectivity index (χ4v) is 1.75. The van der Waals surface area contributed by atoms with Gasteiger partial charge in [-0.3, -0.25) is 10.1 Å². The van der Waals surface area contributed by atoms with Gasteiger partial charge in [-0.2, -0.15) is 4.98 Å². The van der Waals surface area contributed by atoms with Gasteiger partial charge in [-0.15, -0.1) is 10.2 Å². The topological polar surface area (TPSA) is 91.0 Å². The van der Waals surface area contributed by atoms with E-state index < -0.39 is 4.92 Å². The summed E-state index contributed by atoms with van der Waals surface area (Å²) in [4.78, 5) is 14.0. The molecule has 1 aromatic carbocycles. The molecule has 1 aromatic heterocycles. The zero-order valence-electron chi connectivity index (χ0n) is 8.88. The molecule has 0 amide bonds. The first-order valence-corrected chi connectivity index (χ1v) is 6.20. The van der Waals surface area contributed by atoms with Gasteiger partial charge in [0.15, 0.2) is 0 Å². The minimum absolute atomic E-state index is 0.0355. The Balaban J connectivity index is 2.43. The molecule has 1 heterocycles. The summed E-state index contributed by atoms with van der Waals surface area (Å²) in [7, 11) is 0. The summed E-state index contributed by atoms with van der Waals surface area (Å²) in [6.45, 7) is 0. The maximum Gasteiger partial charge on any atom is 0.312 e. The number of ether oxygens (including phenoxy) is 1. The van der Waals surface area contributed by atoms with Gasteiger partial charge in [-0.1, -0.05) is 27.5 Å². The zero-order valence-corrected chi connectivity index (χ0v) is 12.0. The van der Waals surface area contributed by atoms with Gasteiger partial charge >= 0.3 is 5.69 Å². The number of benzene rings is 1. The molecule has 0 atom stereocenters.